The molecule has 6 aromatic heterocycles. The van der Waals surface area contributed by atoms with Crippen molar-refractivity contribution in [1.29, 1.82) is 0 Å². The van der Waals surface area contributed by atoms with E-state index in [2.05, 4.69) is 73.9 Å². The lowest BCUT2D eigenvalue weighted by Gasteiger charge is -2.33. The molecule has 2 saturated heterocycles. The van der Waals surface area contributed by atoms with Crippen LogP contribution in [0, 0.1) is 11.8 Å². The van der Waals surface area contributed by atoms with E-state index < -0.39 is 0 Å². The van der Waals surface area contributed by atoms with Gasteiger partial charge in [-0.25, -0.2) is 19.9 Å². The first kappa shape index (κ1) is 52.4. The molecule has 402 valence electrons. The molecule has 2 amide bonds. The summed E-state index contributed by atoms with van der Waals surface area (Å²) < 4.78 is 20.8. The maximum Gasteiger partial charge on any atom is 0.369 e. The molecule has 0 radical (unpaired) electrons. The number of carbonyl (C=O) groups is 2. The van der Waals surface area contributed by atoms with E-state index in [-0.39, 0.29) is 38.8 Å². The maximum absolute atomic E-state index is 12.6. The van der Waals surface area contributed by atoms with Gasteiger partial charge in [0, 0.05) is 96.5 Å². The topological polar surface area (TPSA) is 208 Å². The van der Waals surface area contributed by atoms with E-state index in [4.69, 9.17) is 33.5 Å². The molecule has 2 atom stereocenters. The highest BCUT2D eigenvalue weighted by atomic mass is 79.9. The second-order valence-corrected chi connectivity index (χ2v) is 26.7. The third kappa shape index (κ3) is 11.7. The first-order valence-electron chi connectivity index (χ1n) is 26.4. The van der Waals surface area contributed by atoms with E-state index in [1.54, 1.807) is 44.2 Å². The number of piperidine rings is 2. The first-order valence-corrected chi connectivity index (χ1v) is 29.2. The van der Waals surface area contributed by atoms with Gasteiger partial charge in [0.15, 0.2) is 0 Å². The van der Waals surface area contributed by atoms with Crippen LogP contribution in [0.3, 0.4) is 0 Å². The number of amides is 2. The Morgan fingerprint density at radius 1 is 0.608 bits per heavy atom. The monoisotopic (exact) mass is 1250 g/mol. The van der Waals surface area contributed by atoms with Crippen LogP contribution < -0.4 is 15.4 Å². The number of anilines is 2. The number of aromatic hydroxyl groups is 1. The van der Waals surface area contributed by atoms with Gasteiger partial charge >= 0.3 is 3.18 Å². The first-order chi connectivity index (χ1) is 38.5. The van der Waals surface area contributed by atoms with Crippen molar-refractivity contribution in [2.75, 3.05) is 43.9 Å². The van der Waals surface area contributed by atoms with Gasteiger partial charge < -0.3 is 39.1 Å². The number of aromatic nitrogens is 8. The number of nitrogens with one attached hydrogen (secondary N) is 2. The molecular formula is C57H54BBr3N12O6. The van der Waals surface area contributed by atoms with Crippen LogP contribution in [0.4, 0.5) is 11.9 Å². The zero-order valence-electron chi connectivity index (χ0n) is 43.0. The Labute approximate surface area is 479 Å². The number of benzene rings is 4. The summed E-state index contributed by atoms with van der Waals surface area (Å²) in [7, 11) is 1.65. The van der Waals surface area contributed by atoms with Gasteiger partial charge in [0.05, 0.1) is 41.7 Å². The number of imidazole rings is 2. The number of rotatable bonds is 11. The summed E-state index contributed by atoms with van der Waals surface area (Å²) in [6.07, 6.45) is 14.8. The number of furan rings is 2. The minimum atomic E-state index is 0.103. The van der Waals surface area contributed by atoms with Gasteiger partial charge in [0.2, 0.25) is 23.7 Å². The van der Waals surface area contributed by atoms with E-state index in [0.29, 0.717) is 53.9 Å². The van der Waals surface area contributed by atoms with Gasteiger partial charge in [-0.2, -0.15) is 9.97 Å². The number of methoxy groups -OCH3 is 1. The molecule has 4 aliphatic rings. The highest BCUT2D eigenvalue weighted by molar-refractivity contribution is 9.69. The molecular weight excluding hydrogens is 1200 g/mol. The fourth-order valence-corrected chi connectivity index (χ4v) is 10.5. The molecule has 4 aromatic carbocycles. The second-order valence-electron chi connectivity index (χ2n) is 20.2. The number of phenolic OH excluding ortho intramolecular Hbond substituents is 1. The maximum atomic E-state index is 12.6. The quantitative estimate of drug-likeness (QED) is 0.103. The van der Waals surface area contributed by atoms with Crippen molar-refractivity contribution in [3.63, 3.8) is 0 Å². The van der Waals surface area contributed by atoms with Crippen LogP contribution in [-0.2, 0) is 9.59 Å². The standard InChI is InChI=1S/C29H28N6O3.C28H26N6O3.BBr3/c1-37-22-7-8-24-23(16-22)32-27(20-6-9-25-19(15-20)11-14-38-25)35(24)26-10-12-30-29(33-26)31-21-3-2-13-34(17-21)28(36)18-4-5-18;35-21-6-7-23-22(15-21)31-26(19-5-8-24-18(14-19)10-13-37-24)34(23)25-9-11-29-28(32-25)30-20-2-1-12-33(16-20)27(36)17-3-4-17;2-1(3)4/h6-12,14-16,18,21H,2-5,13,17H2,1H3,(H,30,31,33);5-11,13-15,17,20,35H,1-4,12,16H2,(H,29,30,32);. The number of carbonyl (C=O) groups excluding carboxylic acids is 2. The molecule has 14 rings (SSSR count). The van der Waals surface area contributed by atoms with Crippen LogP contribution in [0.2, 0.25) is 0 Å². The molecule has 0 bridgehead atoms. The molecule has 2 aliphatic heterocycles. The zero-order chi connectivity index (χ0) is 54.1. The molecule has 10 aromatic rings. The third-order valence-electron chi connectivity index (χ3n) is 14.6. The van der Waals surface area contributed by atoms with E-state index in [0.717, 1.165) is 126 Å². The SMILES string of the molecule is BrB(Br)Br.COc1ccc2c(c1)nc(-c1ccc3occc3c1)n2-c1ccnc(NC2CCCN(C(=O)C3CC3)C2)n1.O=C(C1CC1)N1CCCC(Nc2nccc(-n3c(-c4ccc5occc5c4)nc4cc(O)ccc43)n2)C1. The van der Waals surface area contributed by atoms with Crippen LogP contribution in [-0.4, -0.2) is 114 Å². The van der Waals surface area contributed by atoms with Crippen molar-refractivity contribution < 1.29 is 28.3 Å². The average molecular weight is 1250 g/mol. The van der Waals surface area contributed by atoms with Crippen molar-refractivity contribution in [2.45, 2.75) is 63.5 Å². The molecule has 18 nitrogen and oxygen atoms in total. The van der Waals surface area contributed by atoms with Crippen molar-refractivity contribution in [2.24, 2.45) is 11.8 Å². The van der Waals surface area contributed by atoms with Crippen molar-refractivity contribution in [3.05, 3.63) is 122 Å². The molecule has 3 N–H and O–H groups in total. The van der Waals surface area contributed by atoms with Gasteiger partial charge in [0.1, 0.15) is 45.9 Å². The van der Waals surface area contributed by atoms with E-state index >= 15 is 0 Å². The fraction of sp³-hybridized carbons (Fsp3) is 0.298. The van der Waals surface area contributed by atoms with Gasteiger partial charge in [-0.15, -0.1) is 47.3 Å². The molecule has 79 heavy (non-hydrogen) atoms. The number of nitrogens with zero attached hydrogens (tertiary/aromatic N) is 10. The molecule has 2 unspecified atom stereocenters. The smallest absolute Gasteiger partial charge is 0.369 e. The minimum Gasteiger partial charge on any atom is -0.508 e. The number of ether oxygens (including phenoxy) is 1. The van der Waals surface area contributed by atoms with Crippen LogP contribution in [0.5, 0.6) is 11.5 Å². The van der Waals surface area contributed by atoms with Crippen LogP contribution in [0.25, 0.3) is 78.4 Å². The Kier molecular flexibility index (Phi) is 15.1. The average Bonchev–Trinajstić information content (AvgIpc) is 4.47. The predicted molar refractivity (Wildman–Crippen MR) is 316 cm³/mol. The summed E-state index contributed by atoms with van der Waals surface area (Å²) in [4.78, 5) is 57.8. The van der Waals surface area contributed by atoms with Crippen LogP contribution in [0.15, 0.2) is 131 Å². The highest BCUT2D eigenvalue weighted by Gasteiger charge is 2.37. The normalized spacial score (nSPS) is 17.3. The fourth-order valence-electron chi connectivity index (χ4n) is 10.5. The number of hydrogen-bond acceptors (Lipinski definition) is 14. The number of fused-ring (bicyclic) bond motifs is 4. The van der Waals surface area contributed by atoms with Crippen molar-refractivity contribution in [3.8, 4) is 45.9 Å². The van der Waals surface area contributed by atoms with Gasteiger partial charge in [-0.1, -0.05) is 0 Å². The Morgan fingerprint density at radius 3 is 1.57 bits per heavy atom. The highest BCUT2D eigenvalue weighted by Crippen LogP contribution is 2.36. The summed E-state index contributed by atoms with van der Waals surface area (Å²) in [5.41, 5.74) is 6.69. The van der Waals surface area contributed by atoms with Crippen LogP contribution >= 0.6 is 47.3 Å². The zero-order valence-corrected chi connectivity index (χ0v) is 47.8. The molecule has 2 aliphatic carbocycles. The van der Waals surface area contributed by atoms with E-state index in [9.17, 15) is 14.7 Å². The van der Waals surface area contributed by atoms with E-state index in [1.807, 2.05) is 97.8 Å². The Balaban J connectivity index is 0.000000148. The largest absolute Gasteiger partial charge is 0.508 e. The van der Waals surface area contributed by atoms with Gasteiger partial charge in [0.25, 0.3) is 0 Å². The molecule has 22 heteroatoms. The number of phenols is 1. The van der Waals surface area contributed by atoms with Crippen LogP contribution in [0.1, 0.15) is 51.4 Å². The number of likely N-dealkylation sites (tertiary alicyclic amines) is 2. The number of hydrogen-bond donors (Lipinski definition) is 3. The van der Waals surface area contributed by atoms with Crippen molar-refractivity contribution in [1.82, 2.24) is 48.8 Å². The third-order valence-corrected chi connectivity index (χ3v) is 14.6. The van der Waals surface area contributed by atoms with Gasteiger partial charge in [-0.05, 0) is 136 Å². The Bertz CT molecular complexity index is 3860. The molecule has 0 spiro atoms. The van der Waals surface area contributed by atoms with Gasteiger partial charge in [-0.3, -0.25) is 18.7 Å². The lowest BCUT2D eigenvalue weighted by atomic mass is 10.1. The number of halogens is 3. The summed E-state index contributed by atoms with van der Waals surface area (Å²) in [6, 6.07) is 30.8. The predicted octanol–water partition coefficient (Wildman–Crippen LogP) is 12.0. The summed E-state index contributed by atoms with van der Waals surface area (Å²) in [5, 5.41) is 19.0. The van der Waals surface area contributed by atoms with E-state index in [1.165, 1.54) is 0 Å². The second kappa shape index (κ2) is 22.8. The summed E-state index contributed by atoms with van der Waals surface area (Å²) in [5.74, 6) is 5.83. The van der Waals surface area contributed by atoms with Crippen molar-refractivity contribution >= 4 is 118 Å². The lowest BCUT2D eigenvalue weighted by Crippen LogP contribution is -2.45. The molecule has 8 heterocycles. The molecule has 2 saturated carbocycles. The molecule has 4 fully saturated rings. The lowest BCUT2D eigenvalue weighted by molar-refractivity contribution is -0.134. The Hall–Kier alpha value is -7.30. The summed E-state index contributed by atoms with van der Waals surface area (Å²) >= 11 is 9.31. The Morgan fingerprint density at radius 2 is 1.09 bits per heavy atom. The summed E-state index contributed by atoms with van der Waals surface area (Å²) in [6.45, 7) is 3.02. The minimum absolute atomic E-state index is 0.103.